The van der Waals surface area contributed by atoms with Crippen LogP contribution in [0.2, 0.25) is 0 Å². The number of rotatable bonds is 6. The molecule has 7 nitrogen and oxygen atoms in total. The average molecular weight is 306 g/mol. The van der Waals surface area contributed by atoms with E-state index < -0.39 is 15.7 Å². The summed E-state index contributed by atoms with van der Waals surface area (Å²) < 4.78 is 33.2. The first-order valence-corrected chi connectivity index (χ1v) is 8.43. The molecule has 8 heteroatoms. The van der Waals surface area contributed by atoms with Gasteiger partial charge in [-0.25, -0.2) is 0 Å². The van der Waals surface area contributed by atoms with E-state index in [1.54, 1.807) is 6.92 Å². The van der Waals surface area contributed by atoms with Crippen molar-refractivity contribution in [3.05, 3.63) is 0 Å². The van der Waals surface area contributed by atoms with E-state index in [0.29, 0.717) is 45.4 Å². The standard InChI is InChI=1S/C12H22N2O5S/c1-2-19-11(16)10-3-7-14(8-4-10)20(17,18)13-12(9-15)5-6-12/h10,13,15H,2-9H2,1H3. The van der Waals surface area contributed by atoms with Gasteiger partial charge in [0, 0.05) is 13.1 Å². The van der Waals surface area contributed by atoms with E-state index in [2.05, 4.69) is 4.72 Å². The topological polar surface area (TPSA) is 95.9 Å². The molecule has 1 heterocycles. The molecule has 1 aliphatic heterocycles. The first-order valence-electron chi connectivity index (χ1n) is 6.99. The first kappa shape index (κ1) is 15.7. The summed E-state index contributed by atoms with van der Waals surface area (Å²) in [7, 11) is -3.58. The zero-order chi connectivity index (χ0) is 14.8. The molecule has 0 radical (unpaired) electrons. The normalized spacial score (nSPS) is 23.5. The molecule has 2 rings (SSSR count). The Morgan fingerprint density at radius 1 is 1.40 bits per heavy atom. The molecule has 0 spiro atoms. The summed E-state index contributed by atoms with van der Waals surface area (Å²) in [6.45, 7) is 2.54. The second-order valence-electron chi connectivity index (χ2n) is 5.47. The maximum atomic E-state index is 12.2. The Balaban J connectivity index is 1.88. The molecule has 0 unspecified atom stereocenters. The van der Waals surface area contributed by atoms with Crippen molar-refractivity contribution in [1.82, 2.24) is 9.03 Å². The molecule has 2 fully saturated rings. The fourth-order valence-corrected chi connectivity index (χ4v) is 4.01. The van der Waals surface area contributed by atoms with Crippen LogP contribution in [0.5, 0.6) is 0 Å². The second kappa shape index (κ2) is 5.97. The molecular formula is C12H22N2O5S. The quantitative estimate of drug-likeness (QED) is 0.652. The minimum atomic E-state index is -3.58. The Kier molecular flexibility index (Phi) is 4.68. The van der Waals surface area contributed by atoms with Crippen molar-refractivity contribution in [1.29, 1.82) is 0 Å². The molecule has 0 atom stereocenters. The van der Waals surface area contributed by atoms with Crippen molar-refractivity contribution in [2.45, 2.75) is 38.1 Å². The van der Waals surface area contributed by atoms with E-state index in [-0.39, 0.29) is 18.5 Å². The highest BCUT2D eigenvalue weighted by Crippen LogP contribution is 2.36. The average Bonchev–Trinajstić information content (AvgIpc) is 3.19. The summed E-state index contributed by atoms with van der Waals surface area (Å²) in [6.07, 6.45) is 2.29. The zero-order valence-electron chi connectivity index (χ0n) is 11.7. The van der Waals surface area contributed by atoms with E-state index in [1.807, 2.05) is 0 Å². The maximum Gasteiger partial charge on any atom is 0.309 e. The number of carbonyl (C=O) groups is 1. The predicted octanol–water partition coefficient (Wildman–Crippen LogP) is -0.379. The van der Waals surface area contributed by atoms with Gasteiger partial charge in [-0.3, -0.25) is 4.79 Å². The van der Waals surface area contributed by atoms with E-state index >= 15 is 0 Å². The van der Waals surface area contributed by atoms with Crippen molar-refractivity contribution in [3.8, 4) is 0 Å². The Morgan fingerprint density at radius 3 is 2.45 bits per heavy atom. The van der Waals surface area contributed by atoms with Gasteiger partial charge in [-0.1, -0.05) is 0 Å². The lowest BCUT2D eigenvalue weighted by Crippen LogP contribution is -2.50. The van der Waals surface area contributed by atoms with Crippen LogP contribution in [-0.4, -0.2) is 55.6 Å². The van der Waals surface area contributed by atoms with Crippen LogP contribution < -0.4 is 4.72 Å². The highest BCUT2D eigenvalue weighted by Gasteiger charge is 2.47. The fraction of sp³-hybridized carbons (Fsp3) is 0.917. The Morgan fingerprint density at radius 2 is 2.00 bits per heavy atom. The summed E-state index contributed by atoms with van der Waals surface area (Å²) >= 11 is 0. The molecule has 0 amide bonds. The largest absolute Gasteiger partial charge is 0.466 e. The van der Waals surface area contributed by atoms with Crippen LogP contribution in [0, 0.1) is 5.92 Å². The van der Waals surface area contributed by atoms with Gasteiger partial charge in [-0.05, 0) is 32.6 Å². The monoisotopic (exact) mass is 306 g/mol. The molecule has 1 aliphatic carbocycles. The number of esters is 1. The number of hydrogen-bond acceptors (Lipinski definition) is 5. The number of aliphatic hydroxyl groups excluding tert-OH is 1. The Bertz CT molecular complexity index is 452. The smallest absolute Gasteiger partial charge is 0.309 e. The van der Waals surface area contributed by atoms with E-state index in [1.165, 1.54) is 4.31 Å². The lowest BCUT2D eigenvalue weighted by Gasteiger charge is -2.31. The van der Waals surface area contributed by atoms with E-state index in [0.717, 1.165) is 0 Å². The summed E-state index contributed by atoms with van der Waals surface area (Å²) in [5.41, 5.74) is -0.656. The Hall–Kier alpha value is -0.700. The number of aliphatic hydroxyl groups is 1. The van der Waals surface area contributed by atoms with Gasteiger partial charge < -0.3 is 9.84 Å². The molecular weight excluding hydrogens is 284 g/mol. The predicted molar refractivity (Wildman–Crippen MR) is 72.0 cm³/mol. The molecule has 2 aliphatic rings. The minimum Gasteiger partial charge on any atom is -0.466 e. The summed E-state index contributed by atoms with van der Waals surface area (Å²) in [6, 6.07) is 0. The van der Waals surface area contributed by atoms with Gasteiger partial charge in [0.05, 0.1) is 24.7 Å². The van der Waals surface area contributed by atoms with E-state index in [9.17, 15) is 18.3 Å². The maximum absolute atomic E-state index is 12.2. The van der Waals surface area contributed by atoms with Crippen LogP contribution in [0.25, 0.3) is 0 Å². The van der Waals surface area contributed by atoms with Gasteiger partial charge in [0.1, 0.15) is 0 Å². The lowest BCUT2D eigenvalue weighted by atomic mass is 9.98. The Labute approximate surface area is 119 Å². The van der Waals surface area contributed by atoms with E-state index in [4.69, 9.17) is 4.74 Å². The highest BCUT2D eigenvalue weighted by molar-refractivity contribution is 7.87. The van der Waals surface area contributed by atoms with Gasteiger partial charge in [0.15, 0.2) is 0 Å². The molecule has 0 bridgehead atoms. The van der Waals surface area contributed by atoms with Crippen molar-refractivity contribution < 1.29 is 23.1 Å². The fourth-order valence-electron chi connectivity index (χ4n) is 2.37. The number of hydrogen-bond donors (Lipinski definition) is 2. The molecule has 0 aromatic carbocycles. The number of piperidine rings is 1. The number of nitrogens with one attached hydrogen (secondary N) is 1. The third-order valence-corrected chi connectivity index (χ3v) is 5.65. The summed E-state index contributed by atoms with van der Waals surface area (Å²) in [5.74, 6) is -0.458. The van der Waals surface area contributed by atoms with Crippen molar-refractivity contribution in [2.75, 3.05) is 26.3 Å². The van der Waals surface area contributed by atoms with Crippen LogP contribution in [-0.2, 0) is 19.7 Å². The summed E-state index contributed by atoms with van der Waals surface area (Å²) in [5, 5.41) is 9.19. The molecule has 0 aromatic heterocycles. The highest BCUT2D eigenvalue weighted by atomic mass is 32.2. The number of carbonyl (C=O) groups excluding carboxylic acids is 1. The van der Waals surface area contributed by atoms with Gasteiger partial charge in [0.25, 0.3) is 10.2 Å². The third kappa shape index (κ3) is 3.49. The first-order chi connectivity index (χ1) is 9.42. The molecule has 2 N–H and O–H groups in total. The van der Waals surface area contributed by atoms with Crippen molar-refractivity contribution >= 4 is 16.2 Å². The summed E-state index contributed by atoms with van der Waals surface area (Å²) in [4.78, 5) is 11.6. The molecule has 1 saturated carbocycles. The molecule has 0 aromatic rings. The van der Waals surface area contributed by atoms with Crippen LogP contribution in [0.15, 0.2) is 0 Å². The molecule has 20 heavy (non-hydrogen) atoms. The van der Waals surface area contributed by atoms with Crippen LogP contribution in [0.3, 0.4) is 0 Å². The van der Waals surface area contributed by atoms with Gasteiger partial charge >= 0.3 is 5.97 Å². The molecule has 1 saturated heterocycles. The van der Waals surface area contributed by atoms with Crippen molar-refractivity contribution in [3.63, 3.8) is 0 Å². The number of ether oxygens (including phenoxy) is 1. The van der Waals surface area contributed by atoms with Gasteiger partial charge in [-0.15, -0.1) is 0 Å². The molecule has 116 valence electrons. The van der Waals surface area contributed by atoms with Gasteiger partial charge in [-0.2, -0.15) is 17.4 Å². The van der Waals surface area contributed by atoms with Gasteiger partial charge in [0.2, 0.25) is 0 Å². The van der Waals surface area contributed by atoms with Crippen molar-refractivity contribution in [2.24, 2.45) is 5.92 Å². The van der Waals surface area contributed by atoms with Crippen LogP contribution in [0.1, 0.15) is 32.6 Å². The lowest BCUT2D eigenvalue weighted by molar-refractivity contribution is -0.149. The second-order valence-corrected chi connectivity index (χ2v) is 7.14. The van der Waals surface area contributed by atoms with Crippen LogP contribution >= 0.6 is 0 Å². The number of nitrogens with zero attached hydrogens (tertiary/aromatic N) is 1. The minimum absolute atomic E-state index is 0.175. The zero-order valence-corrected chi connectivity index (χ0v) is 12.5. The third-order valence-electron chi connectivity index (χ3n) is 3.92. The SMILES string of the molecule is CCOC(=O)C1CCN(S(=O)(=O)NC2(CO)CC2)CC1. The van der Waals surface area contributed by atoms with Crippen LogP contribution in [0.4, 0.5) is 0 Å².